The average molecular weight is 243 g/mol. The molecule has 0 fully saturated rings. The van der Waals surface area contributed by atoms with E-state index in [1.54, 1.807) is 0 Å². The highest BCUT2D eigenvalue weighted by atomic mass is 79.9. The topological polar surface area (TPSA) is 0 Å². The van der Waals surface area contributed by atoms with E-state index in [9.17, 15) is 0 Å². The molecule has 74 valence electrons. The smallest absolute Gasteiger partial charge is 0.0215 e. The molecule has 0 N–H and O–H groups in total. The molecule has 0 rings (SSSR count). The summed E-state index contributed by atoms with van der Waals surface area (Å²) in [7, 11) is 0. The van der Waals surface area contributed by atoms with Gasteiger partial charge in [-0.15, -0.1) is 0 Å². The van der Waals surface area contributed by atoms with Crippen LogP contribution in [-0.4, -0.2) is 5.33 Å². The van der Waals surface area contributed by atoms with Crippen LogP contribution in [0.5, 0.6) is 0 Å². The number of allylic oxidation sites excluding steroid dienone is 6. The molecule has 0 aliphatic rings. The van der Waals surface area contributed by atoms with Crippen molar-refractivity contribution in [1.82, 2.24) is 0 Å². The van der Waals surface area contributed by atoms with Crippen LogP contribution in [0.15, 0.2) is 35.5 Å². The molecule has 13 heavy (non-hydrogen) atoms. The summed E-state index contributed by atoms with van der Waals surface area (Å²) in [4.78, 5) is 0. The van der Waals surface area contributed by atoms with Crippen molar-refractivity contribution in [3.63, 3.8) is 0 Å². The fraction of sp³-hybridized carbons (Fsp3) is 0.500. The first-order valence-corrected chi connectivity index (χ1v) is 5.80. The Hall–Kier alpha value is -0.300. The molecule has 0 amide bonds. The second-order valence-corrected chi connectivity index (χ2v) is 4.06. The minimum atomic E-state index is 0.935. The molecule has 0 spiro atoms. The third kappa shape index (κ3) is 9.62. The highest BCUT2D eigenvalue weighted by Crippen LogP contribution is 2.06. The molecule has 0 saturated heterocycles. The van der Waals surface area contributed by atoms with E-state index in [0.29, 0.717) is 0 Å². The first-order valence-electron chi connectivity index (χ1n) is 4.68. The van der Waals surface area contributed by atoms with Gasteiger partial charge in [-0.3, -0.25) is 0 Å². The van der Waals surface area contributed by atoms with Gasteiger partial charge in [-0.2, -0.15) is 0 Å². The van der Waals surface area contributed by atoms with Crippen molar-refractivity contribution in [1.29, 1.82) is 0 Å². The van der Waals surface area contributed by atoms with Crippen LogP contribution in [-0.2, 0) is 0 Å². The SMILES string of the molecule is CC(C)=CCC/C(C)=C/C=C/CBr. The molecule has 0 aromatic heterocycles. The minimum Gasteiger partial charge on any atom is -0.0883 e. The van der Waals surface area contributed by atoms with Gasteiger partial charge in [0, 0.05) is 5.33 Å². The van der Waals surface area contributed by atoms with E-state index in [1.165, 1.54) is 11.1 Å². The standard InChI is InChI=1S/C12H19Br/c1-11(2)7-6-9-12(3)8-4-5-10-13/h4-5,7-8H,6,9-10H2,1-3H3/b5-4+,12-8+. The second-order valence-electron chi connectivity index (χ2n) is 3.42. The lowest BCUT2D eigenvalue weighted by Gasteiger charge is -1.96. The zero-order chi connectivity index (χ0) is 10.1. The third-order valence-corrected chi connectivity index (χ3v) is 2.07. The van der Waals surface area contributed by atoms with Crippen molar-refractivity contribution in [2.75, 3.05) is 5.33 Å². The minimum absolute atomic E-state index is 0.935. The van der Waals surface area contributed by atoms with E-state index in [0.717, 1.165) is 18.2 Å². The van der Waals surface area contributed by atoms with E-state index in [2.05, 4.69) is 61.0 Å². The van der Waals surface area contributed by atoms with Crippen molar-refractivity contribution in [2.45, 2.75) is 33.6 Å². The Morgan fingerprint density at radius 3 is 2.46 bits per heavy atom. The van der Waals surface area contributed by atoms with Crippen molar-refractivity contribution >= 4 is 15.9 Å². The fourth-order valence-corrected chi connectivity index (χ4v) is 1.17. The van der Waals surface area contributed by atoms with Crippen LogP contribution in [0.2, 0.25) is 0 Å². The van der Waals surface area contributed by atoms with E-state index in [1.807, 2.05) is 0 Å². The van der Waals surface area contributed by atoms with Crippen molar-refractivity contribution in [2.24, 2.45) is 0 Å². The first kappa shape index (κ1) is 12.7. The van der Waals surface area contributed by atoms with Crippen LogP contribution in [0.3, 0.4) is 0 Å². The Morgan fingerprint density at radius 1 is 1.23 bits per heavy atom. The molecular formula is C12H19Br. The van der Waals surface area contributed by atoms with Gasteiger partial charge in [0.1, 0.15) is 0 Å². The fourth-order valence-electron chi connectivity index (χ4n) is 0.956. The summed E-state index contributed by atoms with van der Waals surface area (Å²) in [5.41, 5.74) is 2.85. The van der Waals surface area contributed by atoms with E-state index in [-0.39, 0.29) is 0 Å². The molecule has 0 radical (unpaired) electrons. The Bertz CT molecular complexity index is 205. The lowest BCUT2D eigenvalue weighted by molar-refractivity contribution is 0.967. The van der Waals surface area contributed by atoms with Crippen molar-refractivity contribution in [3.8, 4) is 0 Å². The van der Waals surface area contributed by atoms with Crippen LogP contribution < -0.4 is 0 Å². The predicted molar refractivity (Wildman–Crippen MR) is 65.4 cm³/mol. The molecule has 0 nitrogen and oxygen atoms in total. The molecule has 0 aromatic rings. The van der Waals surface area contributed by atoms with Crippen LogP contribution in [0.25, 0.3) is 0 Å². The number of hydrogen-bond acceptors (Lipinski definition) is 0. The Labute approximate surface area is 90.6 Å². The van der Waals surface area contributed by atoms with Gasteiger partial charge in [0.05, 0.1) is 0 Å². The van der Waals surface area contributed by atoms with Gasteiger partial charge >= 0.3 is 0 Å². The summed E-state index contributed by atoms with van der Waals surface area (Å²) >= 11 is 3.35. The summed E-state index contributed by atoms with van der Waals surface area (Å²) in [6, 6.07) is 0. The molecular weight excluding hydrogens is 224 g/mol. The quantitative estimate of drug-likeness (QED) is 0.375. The van der Waals surface area contributed by atoms with Gasteiger partial charge in [0.25, 0.3) is 0 Å². The third-order valence-electron chi connectivity index (χ3n) is 1.70. The van der Waals surface area contributed by atoms with Gasteiger partial charge in [-0.1, -0.05) is 51.4 Å². The predicted octanol–water partition coefficient (Wildman–Crippen LogP) is 4.63. The van der Waals surface area contributed by atoms with Crippen LogP contribution in [0.1, 0.15) is 33.6 Å². The van der Waals surface area contributed by atoms with Crippen LogP contribution >= 0.6 is 15.9 Å². The van der Waals surface area contributed by atoms with Gasteiger partial charge in [-0.05, 0) is 33.6 Å². The molecule has 0 saturated carbocycles. The molecule has 1 heteroatoms. The largest absolute Gasteiger partial charge is 0.0883 e. The zero-order valence-electron chi connectivity index (χ0n) is 8.81. The van der Waals surface area contributed by atoms with E-state index >= 15 is 0 Å². The summed E-state index contributed by atoms with van der Waals surface area (Å²) < 4.78 is 0. The number of hydrogen-bond donors (Lipinski definition) is 0. The molecule has 0 aliphatic heterocycles. The summed E-state index contributed by atoms with van der Waals surface area (Å²) in [5.74, 6) is 0. The lowest BCUT2D eigenvalue weighted by Crippen LogP contribution is -1.75. The number of rotatable bonds is 5. The average Bonchev–Trinajstić information content (AvgIpc) is 2.04. The summed E-state index contributed by atoms with van der Waals surface area (Å²) in [6.07, 6.45) is 11.0. The maximum absolute atomic E-state index is 3.35. The Morgan fingerprint density at radius 2 is 1.92 bits per heavy atom. The van der Waals surface area contributed by atoms with Crippen LogP contribution in [0, 0.1) is 0 Å². The number of alkyl halides is 1. The highest BCUT2D eigenvalue weighted by Gasteiger charge is 1.86. The monoisotopic (exact) mass is 242 g/mol. The molecule has 0 heterocycles. The maximum atomic E-state index is 3.35. The highest BCUT2D eigenvalue weighted by molar-refractivity contribution is 9.09. The number of halogens is 1. The summed E-state index contributed by atoms with van der Waals surface area (Å²) in [6.45, 7) is 6.46. The molecule has 0 aromatic carbocycles. The van der Waals surface area contributed by atoms with Crippen molar-refractivity contribution in [3.05, 3.63) is 35.5 Å². The molecule has 0 aliphatic carbocycles. The maximum Gasteiger partial charge on any atom is 0.0215 e. The van der Waals surface area contributed by atoms with Crippen molar-refractivity contribution < 1.29 is 0 Å². The van der Waals surface area contributed by atoms with E-state index in [4.69, 9.17) is 0 Å². The lowest BCUT2D eigenvalue weighted by atomic mass is 10.1. The Balaban J connectivity index is 3.73. The van der Waals surface area contributed by atoms with Crippen LogP contribution in [0.4, 0.5) is 0 Å². The molecule has 0 unspecified atom stereocenters. The van der Waals surface area contributed by atoms with Gasteiger partial charge in [0.15, 0.2) is 0 Å². The van der Waals surface area contributed by atoms with Gasteiger partial charge in [-0.25, -0.2) is 0 Å². The first-order chi connectivity index (χ1) is 6.16. The van der Waals surface area contributed by atoms with Gasteiger partial charge < -0.3 is 0 Å². The second kappa shape index (κ2) is 8.31. The molecule has 0 bridgehead atoms. The zero-order valence-corrected chi connectivity index (χ0v) is 10.4. The summed E-state index contributed by atoms with van der Waals surface area (Å²) in [5, 5.41) is 0.935. The van der Waals surface area contributed by atoms with E-state index < -0.39 is 0 Å². The normalized spacial score (nSPS) is 12.2. The Kier molecular flexibility index (Phi) is 8.11. The molecule has 0 atom stereocenters. The van der Waals surface area contributed by atoms with Gasteiger partial charge in [0.2, 0.25) is 0 Å².